The number of fused-ring (bicyclic) bond motifs is 2. The van der Waals surface area contributed by atoms with Crippen LogP contribution in [-0.2, 0) is 14.8 Å². The van der Waals surface area contributed by atoms with E-state index in [4.69, 9.17) is 5.73 Å². The lowest BCUT2D eigenvalue weighted by molar-refractivity contribution is -0.139. The average Bonchev–Trinajstić information content (AvgIpc) is 2.68. The van der Waals surface area contributed by atoms with Gasteiger partial charge in [-0.25, -0.2) is 8.42 Å². The van der Waals surface area contributed by atoms with Crippen LogP contribution in [-0.4, -0.2) is 60.7 Å². The SMILES string of the molecule is Cl.Cl.NC1C2CCCC1CC(C(=O)N1CCN(S(=O)(=O)c3cccnc3)CC1)C2. The Balaban J connectivity index is 0.00000150. The number of nitrogens with zero attached hydrogens (tertiary/aromatic N) is 3. The van der Waals surface area contributed by atoms with Crippen LogP contribution < -0.4 is 5.73 Å². The zero-order chi connectivity index (χ0) is 19.0. The molecule has 2 N–H and O–H groups in total. The number of pyridine rings is 1. The number of rotatable bonds is 3. The lowest BCUT2D eigenvalue weighted by Crippen LogP contribution is -2.54. The van der Waals surface area contributed by atoms with Crippen molar-refractivity contribution < 1.29 is 13.2 Å². The standard InChI is InChI=1S/C19H28N4O3S.2ClH/c20-18-14-3-1-4-15(18)12-16(11-14)19(24)22-7-9-23(10-8-22)27(25,26)17-5-2-6-21-13-17;;/h2,5-6,13-16,18H,1,3-4,7-12,20H2;2*1H. The Morgan fingerprint density at radius 2 is 1.69 bits per heavy atom. The number of amides is 1. The first-order chi connectivity index (χ1) is 13.0. The normalized spacial score (nSPS) is 30.0. The minimum atomic E-state index is -3.54. The van der Waals surface area contributed by atoms with E-state index >= 15 is 0 Å². The number of hydrogen-bond acceptors (Lipinski definition) is 5. The maximum Gasteiger partial charge on any atom is 0.244 e. The van der Waals surface area contributed by atoms with Crippen LogP contribution in [0.4, 0.5) is 0 Å². The maximum absolute atomic E-state index is 13.0. The van der Waals surface area contributed by atoms with Crippen LogP contribution in [0, 0.1) is 17.8 Å². The van der Waals surface area contributed by atoms with Crippen molar-refractivity contribution in [3.63, 3.8) is 0 Å². The Morgan fingerprint density at radius 3 is 2.24 bits per heavy atom. The minimum absolute atomic E-state index is 0. The molecule has 164 valence electrons. The first-order valence-corrected chi connectivity index (χ1v) is 11.4. The number of carbonyl (C=O) groups excluding carboxylic acids is 1. The zero-order valence-electron chi connectivity index (χ0n) is 16.4. The summed E-state index contributed by atoms with van der Waals surface area (Å²) < 4.78 is 26.9. The Hall–Kier alpha value is -0.930. The van der Waals surface area contributed by atoms with Crippen molar-refractivity contribution in [3.8, 4) is 0 Å². The monoisotopic (exact) mass is 464 g/mol. The number of hydrogen-bond donors (Lipinski definition) is 1. The molecule has 1 aromatic rings. The van der Waals surface area contributed by atoms with Crippen molar-refractivity contribution in [1.29, 1.82) is 0 Å². The summed E-state index contributed by atoms with van der Waals surface area (Å²) in [5.74, 6) is 1.19. The molecule has 1 aromatic heterocycles. The van der Waals surface area contributed by atoms with E-state index in [1.807, 2.05) is 4.90 Å². The van der Waals surface area contributed by atoms with Gasteiger partial charge in [-0.05, 0) is 49.7 Å². The number of carbonyl (C=O) groups is 1. The quantitative estimate of drug-likeness (QED) is 0.736. The number of nitrogens with two attached hydrogens (primary N) is 1. The first-order valence-electron chi connectivity index (χ1n) is 9.91. The van der Waals surface area contributed by atoms with Gasteiger partial charge in [0, 0.05) is 50.5 Å². The predicted octanol–water partition coefficient (Wildman–Crippen LogP) is 1.91. The summed E-state index contributed by atoms with van der Waals surface area (Å²) >= 11 is 0. The number of sulfonamides is 1. The van der Waals surface area contributed by atoms with Gasteiger partial charge in [-0.1, -0.05) is 6.42 Å². The second-order valence-corrected chi connectivity index (χ2v) is 10.1. The van der Waals surface area contributed by atoms with E-state index < -0.39 is 10.0 Å². The van der Waals surface area contributed by atoms with E-state index in [0.717, 1.165) is 25.7 Å². The molecule has 2 heterocycles. The van der Waals surface area contributed by atoms with Crippen LogP contribution in [0.1, 0.15) is 32.1 Å². The molecule has 2 atom stereocenters. The second-order valence-electron chi connectivity index (χ2n) is 8.11. The van der Waals surface area contributed by atoms with Gasteiger partial charge in [0.1, 0.15) is 4.90 Å². The van der Waals surface area contributed by atoms with Crippen molar-refractivity contribution >= 4 is 40.7 Å². The molecule has 3 fully saturated rings. The fourth-order valence-corrected chi connectivity index (χ4v) is 6.43. The third-order valence-corrected chi connectivity index (χ3v) is 8.47. The van der Waals surface area contributed by atoms with Crippen molar-refractivity contribution in [2.45, 2.75) is 43.0 Å². The van der Waals surface area contributed by atoms with Crippen LogP contribution in [0.15, 0.2) is 29.4 Å². The number of piperazine rings is 1. The molecule has 2 saturated carbocycles. The van der Waals surface area contributed by atoms with Crippen molar-refractivity contribution in [2.75, 3.05) is 26.2 Å². The van der Waals surface area contributed by atoms with Gasteiger partial charge < -0.3 is 10.6 Å². The van der Waals surface area contributed by atoms with Gasteiger partial charge in [-0.3, -0.25) is 9.78 Å². The van der Waals surface area contributed by atoms with Crippen LogP contribution in [0.2, 0.25) is 0 Å². The van der Waals surface area contributed by atoms with E-state index in [0.29, 0.717) is 38.0 Å². The van der Waals surface area contributed by atoms with Crippen molar-refractivity contribution in [1.82, 2.24) is 14.2 Å². The lowest BCUT2D eigenvalue weighted by Gasteiger charge is -2.45. The van der Waals surface area contributed by atoms with Gasteiger partial charge in [0.25, 0.3) is 0 Å². The fourth-order valence-electron chi connectivity index (χ4n) is 5.05. The van der Waals surface area contributed by atoms with Crippen LogP contribution in [0.3, 0.4) is 0 Å². The van der Waals surface area contributed by atoms with Gasteiger partial charge in [0.05, 0.1) is 0 Å². The summed E-state index contributed by atoms with van der Waals surface area (Å²) in [6.07, 6.45) is 8.22. The highest BCUT2D eigenvalue weighted by Crippen LogP contribution is 2.42. The Bertz CT molecular complexity index is 774. The second kappa shape index (κ2) is 9.92. The molecule has 1 aliphatic heterocycles. The third kappa shape index (κ3) is 4.88. The summed E-state index contributed by atoms with van der Waals surface area (Å²) in [4.78, 5) is 19.0. The average molecular weight is 465 g/mol. The highest BCUT2D eigenvalue weighted by atomic mass is 35.5. The Morgan fingerprint density at radius 1 is 1.07 bits per heavy atom. The van der Waals surface area contributed by atoms with E-state index in [9.17, 15) is 13.2 Å². The highest BCUT2D eigenvalue weighted by Gasteiger charge is 2.42. The highest BCUT2D eigenvalue weighted by molar-refractivity contribution is 7.89. The molecule has 1 amide bonds. The molecule has 0 aromatic carbocycles. The van der Waals surface area contributed by atoms with Gasteiger partial charge in [-0.15, -0.1) is 24.8 Å². The van der Waals surface area contributed by atoms with E-state index in [1.165, 1.54) is 16.9 Å². The summed E-state index contributed by atoms with van der Waals surface area (Å²) in [6, 6.07) is 3.44. The molecule has 2 unspecified atom stereocenters. The molecule has 7 nitrogen and oxygen atoms in total. The fraction of sp³-hybridized carbons (Fsp3) is 0.684. The molecular weight excluding hydrogens is 435 g/mol. The molecule has 0 radical (unpaired) electrons. The molecule has 10 heteroatoms. The van der Waals surface area contributed by atoms with Crippen LogP contribution >= 0.6 is 24.8 Å². The van der Waals surface area contributed by atoms with Gasteiger partial charge in [0.2, 0.25) is 15.9 Å². The van der Waals surface area contributed by atoms with Gasteiger partial charge >= 0.3 is 0 Å². The van der Waals surface area contributed by atoms with E-state index in [-0.39, 0.29) is 47.6 Å². The summed E-state index contributed by atoms with van der Waals surface area (Å²) in [5, 5.41) is 0. The summed E-state index contributed by atoms with van der Waals surface area (Å²) in [7, 11) is -3.54. The third-order valence-electron chi connectivity index (χ3n) is 6.58. The van der Waals surface area contributed by atoms with Crippen LogP contribution in [0.25, 0.3) is 0 Å². The largest absolute Gasteiger partial charge is 0.340 e. The van der Waals surface area contributed by atoms with Gasteiger partial charge in [-0.2, -0.15) is 4.31 Å². The molecule has 29 heavy (non-hydrogen) atoms. The minimum Gasteiger partial charge on any atom is -0.340 e. The summed E-state index contributed by atoms with van der Waals surface area (Å²) in [5.41, 5.74) is 6.34. The van der Waals surface area contributed by atoms with E-state index in [1.54, 1.807) is 18.3 Å². The predicted molar refractivity (Wildman–Crippen MR) is 116 cm³/mol. The molecule has 3 aliphatic rings. The van der Waals surface area contributed by atoms with Crippen LogP contribution in [0.5, 0.6) is 0 Å². The lowest BCUT2D eigenvalue weighted by atomic mass is 9.65. The summed E-state index contributed by atoms with van der Waals surface area (Å²) in [6.45, 7) is 1.58. The molecular formula is C19H30Cl2N4O3S. The number of aromatic nitrogens is 1. The first kappa shape index (κ1) is 24.3. The van der Waals surface area contributed by atoms with E-state index in [2.05, 4.69) is 4.98 Å². The molecule has 1 saturated heterocycles. The number of halogens is 2. The molecule has 2 bridgehead atoms. The Kier molecular flexibility index (Phi) is 8.32. The smallest absolute Gasteiger partial charge is 0.244 e. The van der Waals surface area contributed by atoms with Gasteiger partial charge in [0.15, 0.2) is 0 Å². The molecule has 2 aliphatic carbocycles. The maximum atomic E-state index is 13.0. The molecule has 0 spiro atoms. The zero-order valence-corrected chi connectivity index (χ0v) is 18.8. The van der Waals surface area contributed by atoms with Crippen molar-refractivity contribution in [3.05, 3.63) is 24.5 Å². The molecule has 4 rings (SSSR count). The van der Waals surface area contributed by atoms with Crippen molar-refractivity contribution in [2.24, 2.45) is 23.5 Å². The Labute approximate surface area is 185 Å². The topological polar surface area (TPSA) is 96.6 Å².